The summed E-state index contributed by atoms with van der Waals surface area (Å²) in [6.07, 6.45) is 2.85. The summed E-state index contributed by atoms with van der Waals surface area (Å²) in [5, 5.41) is 6.57. The first kappa shape index (κ1) is 21.6. The first-order chi connectivity index (χ1) is 13.9. The average molecular weight is 436 g/mol. The maximum Gasteiger partial charge on any atom is 0.243 e. The zero-order chi connectivity index (χ0) is 20.9. The second kappa shape index (κ2) is 9.61. The Balaban J connectivity index is 1.58. The number of carbonyl (C=O) groups excluding carboxylic acids is 1. The van der Waals surface area contributed by atoms with Crippen LogP contribution in [0.2, 0.25) is 5.02 Å². The zero-order valence-electron chi connectivity index (χ0n) is 16.4. The summed E-state index contributed by atoms with van der Waals surface area (Å²) in [5.41, 5.74) is 1.55. The van der Waals surface area contributed by atoms with Gasteiger partial charge in [0.25, 0.3) is 0 Å². The number of hydrogen-bond acceptors (Lipinski definition) is 4. The summed E-state index contributed by atoms with van der Waals surface area (Å²) in [6, 6.07) is 13.8. The van der Waals surface area contributed by atoms with Gasteiger partial charge < -0.3 is 10.6 Å². The van der Waals surface area contributed by atoms with E-state index in [0.29, 0.717) is 23.8 Å². The van der Waals surface area contributed by atoms with Crippen molar-refractivity contribution in [2.75, 3.05) is 25.0 Å². The lowest BCUT2D eigenvalue weighted by Crippen LogP contribution is -2.35. The van der Waals surface area contributed by atoms with Gasteiger partial charge in [0, 0.05) is 23.8 Å². The van der Waals surface area contributed by atoms with Crippen LogP contribution in [-0.2, 0) is 14.8 Å². The normalized spacial score (nSPS) is 16.2. The van der Waals surface area contributed by atoms with Crippen molar-refractivity contribution in [1.82, 2.24) is 9.62 Å². The van der Waals surface area contributed by atoms with Gasteiger partial charge in [-0.2, -0.15) is 4.31 Å². The van der Waals surface area contributed by atoms with Crippen LogP contribution in [0.4, 0.5) is 5.69 Å². The minimum Gasteiger partial charge on any atom is -0.376 e. The SMILES string of the molecule is CC(NC(=O)CNc1cccc(S(=O)(=O)N2CCCCC2)c1)c1ccc(Cl)cc1. The molecule has 0 spiro atoms. The molecule has 0 bridgehead atoms. The van der Waals surface area contributed by atoms with E-state index < -0.39 is 10.0 Å². The largest absolute Gasteiger partial charge is 0.376 e. The Labute approximate surface area is 177 Å². The summed E-state index contributed by atoms with van der Waals surface area (Å²) in [6.45, 7) is 3.06. The number of piperidine rings is 1. The van der Waals surface area contributed by atoms with Crippen LogP contribution in [-0.4, -0.2) is 38.3 Å². The van der Waals surface area contributed by atoms with Crippen molar-refractivity contribution in [3.8, 4) is 0 Å². The second-order valence-corrected chi connectivity index (χ2v) is 9.56. The van der Waals surface area contributed by atoms with Gasteiger partial charge in [-0.3, -0.25) is 4.79 Å². The predicted molar refractivity (Wildman–Crippen MR) is 116 cm³/mol. The van der Waals surface area contributed by atoms with Gasteiger partial charge in [-0.15, -0.1) is 0 Å². The monoisotopic (exact) mass is 435 g/mol. The predicted octanol–water partition coefficient (Wildman–Crippen LogP) is 3.80. The van der Waals surface area contributed by atoms with E-state index >= 15 is 0 Å². The fourth-order valence-electron chi connectivity index (χ4n) is 3.33. The van der Waals surface area contributed by atoms with Gasteiger partial charge in [0.1, 0.15) is 0 Å². The van der Waals surface area contributed by atoms with E-state index in [1.165, 1.54) is 4.31 Å². The molecule has 8 heteroatoms. The molecule has 2 aromatic carbocycles. The van der Waals surface area contributed by atoms with Crippen LogP contribution < -0.4 is 10.6 Å². The molecule has 0 aliphatic carbocycles. The van der Waals surface area contributed by atoms with Crippen LogP contribution in [0.1, 0.15) is 37.8 Å². The number of amides is 1. The molecule has 2 aromatic rings. The molecule has 1 saturated heterocycles. The van der Waals surface area contributed by atoms with Crippen molar-refractivity contribution in [2.24, 2.45) is 0 Å². The molecule has 29 heavy (non-hydrogen) atoms. The molecule has 0 saturated carbocycles. The van der Waals surface area contributed by atoms with Crippen molar-refractivity contribution in [2.45, 2.75) is 37.1 Å². The molecule has 156 valence electrons. The van der Waals surface area contributed by atoms with Gasteiger partial charge in [0.15, 0.2) is 0 Å². The minimum atomic E-state index is -3.50. The van der Waals surface area contributed by atoms with Crippen molar-refractivity contribution >= 4 is 33.2 Å². The number of sulfonamides is 1. The molecular formula is C21H26ClN3O3S. The van der Waals surface area contributed by atoms with Gasteiger partial charge in [0.05, 0.1) is 17.5 Å². The Bertz CT molecular complexity index is 942. The fraction of sp³-hybridized carbons (Fsp3) is 0.381. The molecule has 1 heterocycles. The molecule has 1 fully saturated rings. The Morgan fingerprint density at radius 3 is 2.48 bits per heavy atom. The topological polar surface area (TPSA) is 78.5 Å². The highest BCUT2D eigenvalue weighted by atomic mass is 35.5. The Kier molecular flexibility index (Phi) is 7.16. The van der Waals surface area contributed by atoms with Crippen LogP contribution in [0.25, 0.3) is 0 Å². The lowest BCUT2D eigenvalue weighted by atomic mass is 10.1. The van der Waals surface area contributed by atoms with Crippen LogP contribution in [0.15, 0.2) is 53.4 Å². The highest BCUT2D eigenvalue weighted by Gasteiger charge is 2.26. The first-order valence-corrected chi connectivity index (χ1v) is 11.6. The molecule has 6 nitrogen and oxygen atoms in total. The van der Waals surface area contributed by atoms with Gasteiger partial charge >= 0.3 is 0 Å². The molecule has 1 amide bonds. The molecule has 1 aliphatic heterocycles. The maximum absolute atomic E-state index is 12.8. The smallest absolute Gasteiger partial charge is 0.243 e. The van der Waals surface area contributed by atoms with Gasteiger partial charge in [-0.05, 0) is 55.7 Å². The van der Waals surface area contributed by atoms with Crippen molar-refractivity contribution < 1.29 is 13.2 Å². The lowest BCUT2D eigenvalue weighted by Gasteiger charge is -2.26. The van der Waals surface area contributed by atoms with E-state index in [2.05, 4.69) is 10.6 Å². The van der Waals surface area contributed by atoms with Crippen molar-refractivity contribution in [3.05, 3.63) is 59.1 Å². The van der Waals surface area contributed by atoms with Crippen LogP contribution in [0.3, 0.4) is 0 Å². The van der Waals surface area contributed by atoms with Gasteiger partial charge in [-0.1, -0.05) is 36.2 Å². The second-order valence-electron chi connectivity index (χ2n) is 7.19. The van der Waals surface area contributed by atoms with Crippen LogP contribution >= 0.6 is 11.6 Å². The number of nitrogens with zero attached hydrogens (tertiary/aromatic N) is 1. The number of nitrogens with one attached hydrogen (secondary N) is 2. The number of carbonyl (C=O) groups is 1. The number of hydrogen-bond donors (Lipinski definition) is 2. The fourth-order valence-corrected chi connectivity index (χ4v) is 5.02. The number of anilines is 1. The van der Waals surface area contributed by atoms with E-state index in [9.17, 15) is 13.2 Å². The number of halogens is 1. The molecule has 3 rings (SSSR count). The van der Waals surface area contributed by atoms with Gasteiger partial charge in [-0.25, -0.2) is 8.42 Å². The number of benzene rings is 2. The molecule has 0 aromatic heterocycles. The molecular weight excluding hydrogens is 410 g/mol. The van der Waals surface area contributed by atoms with Crippen LogP contribution in [0, 0.1) is 0 Å². The highest BCUT2D eigenvalue weighted by Crippen LogP contribution is 2.23. The quantitative estimate of drug-likeness (QED) is 0.693. The standard InChI is InChI=1S/C21H26ClN3O3S/c1-16(17-8-10-18(22)11-9-17)24-21(26)15-23-19-6-5-7-20(14-19)29(27,28)25-12-3-2-4-13-25/h5-11,14,16,23H,2-4,12-13,15H2,1H3,(H,24,26). The van der Waals surface area contributed by atoms with E-state index in [1.807, 2.05) is 19.1 Å². The molecule has 0 radical (unpaired) electrons. The number of rotatable bonds is 7. The summed E-state index contributed by atoms with van der Waals surface area (Å²) in [7, 11) is -3.50. The van der Waals surface area contributed by atoms with E-state index in [0.717, 1.165) is 24.8 Å². The minimum absolute atomic E-state index is 0.0468. The summed E-state index contributed by atoms with van der Waals surface area (Å²) >= 11 is 5.89. The molecule has 1 unspecified atom stereocenters. The zero-order valence-corrected chi connectivity index (χ0v) is 18.0. The molecule has 1 aliphatic rings. The van der Waals surface area contributed by atoms with Gasteiger partial charge in [0.2, 0.25) is 15.9 Å². The Hall–Kier alpha value is -2.09. The third-order valence-electron chi connectivity index (χ3n) is 4.99. The van der Waals surface area contributed by atoms with Crippen molar-refractivity contribution in [1.29, 1.82) is 0 Å². The maximum atomic E-state index is 12.8. The van der Waals surface area contributed by atoms with E-state index in [1.54, 1.807) is 36.4 Å². The highest BCUT2D eigenvalue weighted by molar-refractivity contribution is 7.89. The summed E-state index contributed by atoms with van der Waals surface area (Å²) < 4.78 is 27.2. The van der Waals surface area contributed by atoms with E-state index in [4.69, 9.17) is 11.6 Å². The summed E-state index contributed by atoms with van der Waals surface area (Å²) in [4.78, 5) is 12.5. The third kappa shape index (κ3) is 5.72. The first-order valence-electron chi connectivity index (χ1n) is 9.75. The van der Waals surface area contributed by atoms with Crippen molar-refractivity contribution in [3.63, 3.8) is 0 Å². The van der Waals surface area contributed by atoms with E-state index in [-0.39, 0.29) is 23.4 Å². The average Bonchev–Trinajstić information content (AvgIpc) is 2.73. The third-order valence-corrected chi connectivity index (χ3v) is 7.13. The lowest BCUT2D eigenvalue weighted by molar-refractivity contribution is -0.120. The Morgan fingerprint density at radius 2 is 1.79 bits per heavy atom. The molecule has 1 atom stereocenters. The summed E-state index contributed by atoms with van der Waals surface area (Å²) in [5.74, 6) is -0.184. The van der Waals surface area contributed by atoms with Crippen LogP contribution in [0.5, 0.6) is 0 Å². The molecule has 2 N–H and O–H groups in total. The Morgan fingerprint density at radius 1 is 1.10 bits per heavy atom.